The average molecular weight is 261 g/mol. The first-order chi connectivity index (χ1) is 8.21. The van der Waals surface area contributed by atoms with Crippen molar-refractivity contribution < 1.29 is 24.2 Å². The van der Waals surface area contributed by atoms with Gasteiger partial charge in [0.25, 0.3) is 0 Å². The highest BCUT2D eigenvalue weighted by Gasteiger charge is 2.25. The van der Waals surface area contributed by atoms with E-state index in [-0.39, 0.29) is 19.0 Å². The Morgan fingerprint density at radius 3 is 2.28 bits per heavy atom. The van der Waals surface area contributed by atoms with Gasteiger partial charge in [-0.15, -0.1) is 0 Å². The molecule has 0 aliphatic heterocycles. The monoisotopic (exact) mass is 261 g/mol. The minimum absolute atomic E-state index is 0.148. The molecule has 1 amide bonds. The number of carbonyl (C=O) groups excluding carboxylic acids is 2. The quantitative estimate of drug-likeness (QED) is 0.752. The second kappa shape index (κ2) is 7.20. The summed E-state index contributed by atoms with van der Waals surface area (Å²) in [5, 5.41) is 9.23. The number of aliphatic hydroxyl groups is 1. The molecule has 0 saturated carbocycles. The Bertz CT molecular complexity index is 285. The Balaban J connectivity index is 4.37. The first-order valence-electron chi connectivity index (χ1n) is 5.84. The van der Waals surface area contributed by atoms with Gasteiger partial charge in [0.2, 0.25) is 0 Å². The molecule has 6 nitrogen and oxygen atoms in total. The van der Waals surface area contributed by atoms with E-state index in [0.717, 1.165) is 0 Å². The summed E-state index contributed by atoms with van der Waals surface area (Å²) in [6, 6.07) is -0.459. The smallest absolute Gasteiger partial charge is 0.410 e. The number of ether oxygens (including phenoxy) is 2. The second-order valence-electron chi connectivity index (χ2n) is 5.04. The van der Waals surface area contributed by atoms with Gasteiger partial charge >= 0.3 is 12.1 Å². The molecule has 0 aromatic heterocycles. The fourth-order valence-corrected chi connectivity index (χ4v) is 1.28. The fraction of sp³-hybridized carbons (Fsp3) is 0.833. The number of rotatable bonds is 5. The maximum atomic E-state index is 11.7. The molecular weight excluding hydrogens is 238 g/mol. The molecule has 0 unspecified atom stereocenters. The van der Waals surface area contributed by atoms with Gasteiger partial charge < -0.3 is 19.5 Å². The SMILES string of the molecule is COC(=O)CC[C@@H](CO)N(C)C(=O)OC(C)(C)C. The third-order valence-electron chi connectivity index (χ3n) is 2.35. The Morgan fingerprint density at radius 2 is 1.89 bits per heavy atom. The molecule has 0 bridgehead atoms. The molecule has 1 atom stereocenters. The molecule has 18 heavy (non-hydrogen) atoms. The lowest BCUT2D eigenvalue weighted by atomic mass is 10.1. The van der Waals surface area contributed by atoms with Crippen molar-refractivity contribution in [2.45, 2.75) is 45.3 Å². The number of carbonyl (C=O) groups is 2. The van der Waals surface area contributed by atoms with Crippen LogP contribution in [0.25, 0.3) is 0 Å². The van der Waals surface area contributed by atoms with Gasteiger partial charge in [-0.25, -0.2) is 4.79 Å². The average Bonchev–Trinajstić information content (AvgIpc) is 2.26. The lowest BCUT2D eigenvalue weighted by Crippen LogP contribution is -2.42. The highest BCUT2D eigenvalue weighted by atomic mass is 16.6. The number of hydrogen-bond acceptors (Lipinski definition) is 5. The molecule has 0 aromatic carbocycles. The minimum Gasteiger partial charge on any atom is -0.469 e. The summed E-state index contributed by atoms with van der Waals surface area (Å²) in [4.78, 5) is 24.1. The van der Waals surface area contributed by atoms with Gasteiger partial charge in [-0.05, 0) is 27.2 Å². The van der Waals surface area contributed by atoms with Crippen LogP contribution in [0.3, 0.4) is 0 Å². The van der Waals surface area contributed by atoms with Crippen LogP contribution in [0.15, 0.2) is 0 Å². The van der Waals surface area contributed by atoms with Crippen LogP contribution >= 0.6 is 0 Å². The number of methoxy groups -OCH3 is 1. The van der Waals surface area contributed by atoms with Crippen molar-refractivity contribution in [2.24, 2.45) is 0 Å². The zero-order chi connectivity index (χ0) is 14.3. The standard InChI is InChI=1S/C12H23NO5/c1-12(2,3)18-11(16)13(4)9(8-14)6-7-10(15)17-5/h9,14H,6-8H2,1-5H3/t9-/m0/s1. The summed E-state index contributed by atoms with van der Waals surface area (Å²) in [6.07, 6.45) is -0.0419. The van der Waals surface area contributed by atoms with Crippen molar-refractivity contribution in [1.82, 2.24) is 4.90 Å². The zero-order valence-corrected chi connectivity index (χ0v) is 11.7. The van der Waals surface area contributed by atoms with Gasteiger partial charge in [0, 0.05) is 13.5 Å². The van der Waals surface area contributed by atoms with Gasteiger partial charge in [0.1, 0.15) is 5.60 Å². The predicted octanol–water partition coefficient (Wildman–Crippen LogP) is 1.17. The molecule has 106 valence electrons. The number of likely N-dealkylation sites (N-methyl/N-ethyl adjacent to an activating group) is 1. The van der Waals surface area contributed by atoms with Gasteiger partial charge in [-0.1, -0.05) is 0 Å². The summed E-state index contributed by atoms with van der Waals surface area (Å²) in [5.41, 5.74) is -0.590. The van der Waals surface area contributed by atoms with E-state index in [1.54, 1.807) is 20.8 Å². The summed E-state index contributed by atoms with van der Waals surface area (Å²) in [6.45, 7) is 5.07. The van der Waals surface area contributed by atoms with Crippen molar-refractivity contribution in [3.63, 3.8) is 0 Å². The molecule has 0 aliphatic carbocycles. The number of amides is 1. The second-order valence-corrected chi connectivity index (χ2v) is 5.04. The highest BCUT2D eigenvalue weighted by Crippen LogP contribution is 2.13. The van der Waals surface area contributed by atoms with Crippen molar-refractivity contribution in [2.75, 3.05) is 20.8 Å². The van der Waals surface area contributed by atoms with Gasteiger partial charge in [-0.2, -0.15) is 0 Å². The fourth-order valence-electron chi connectivity index (χ4n) is 1.28. The van der Waals surface area contributed by atoms with E-state index in [1.165, 1.54) is 19.1 Å². The van der Waals surface area contributed by atoms with Gasteiger partial charge in [0.15, 0.2) is 0 Å². The van der Waals surface area contributed by atoms with Crippen LogP contribution in [-0.4, -0.2) is 54.5 Å². The van der Waals surface area contributed by atoms with Crippen LogP contribution in [0.2, 0.25) is 0 Å². The van der Waals surface area contributed by atoms with Crippen molar-refractivity contribution in [3.05, 3.63) is 0 Å². The van der Waals surface area contributed by atoms with Crippen LogP contribution in [0.4, 0.5) is 4.79 Å². The van der Waals surface area contributed by atoms with Crippen molar-refractivity contribution in [3.8, 4) is 0 Å². The summed E-state index contributed by atoms with van der Waals surface area (Å²) in [7, 11) is 2.83. The van der Waals surface area contributed by atoms with E-state index < -0.39 is 17.7 Å². The van der Waals surface area contributed by atoms with Crippen molar-refractivity contribution >= 4 is 12.1 Å². The Hall–Kier alpha value is -1.30. The molecule has 0 aliphatic rings. The summed E-state index contributed by atoms with van der Waals surface area (Å²) < 4.78 is 9.69. The number of nitrogens with zero attached hydrogens (tertiary/aromatic N) is 1. The largest absolute Gasteiger partial charge is 0.469 e. The highest BCUT2D eigenvalue weighted by molar-refractivity contribution is 5.70. The van der Waals surface area contributed by atoms with Gasteiger partial charge in [-0.3, -0.25) is 4.79 Å². The summed E-state index contributed by atoms with van der Waals surface area (Å²) in [5.74, 6) is -0.369. The van der Waals surface area contributed by atoms with Crippen LogP contribution in [0, 0.1) is 0 Å². The number of aliphatic hydroxyl groups excluding tert-OH is 1. The first-order valence-corrected chi connectivity index (χ1v) is 5.84. The topological polar surface area (TPSA) is 76.1 Å². The Morgan fingerprint density at radius 1 is 1.33 bits per heavy atom. The minimum atomic E-state index is -0.590. The number of esters is 1. The van der Waals surface area contributed by atoms with Crippen LogP contribution in [-0.2, 0) is 14.3 Å². The zero-order valence-electron chi connectivity index (χ0n) is 11.7. The molecule has 6 heteroatoms. The molecule has 0 heterocycles. The van der Waals surface area contributed by atoms with E-state index >= 15 is 0 Å². The molecule has 1 N–H and O–H groups in total. The third-order valence-corrected chi connectivity index (χ3v) is 2.35. The van der Waals surface area contributed by atoms with E-state index in [0.29, 0.717) is 6.42 Å². The van der Waals surface area contributed by atoms with E-state index in [2.05, 4.69) is 4.74 Å². The Labute approximate surface area is 108 Å². The lowest BCUT2D eigenvalue weighted by Gasteiger charge is -2.29. The first kappa shape index (κ1) is 16.7. The predicted molar refractivity (Wildman–Crippen MR) is 66.1 cm³/mol. The van der Waals surface area contributed by atoms with Crippen molar-refractivity contribution in [1.29, 1.82) is 0 Å². The van der Waals surface area contributed by atoms with E-state index in [1.807, 2.05) is 0 Å². The summed E-state index contributed by atoms with van der Waals surface area (Å²) >= 11 is 0. The van der Waals surface area contributed by atoms with E-state index in [9.17, 15) is 14.7 Å². The molecule has 0 fully saturated rings. The Kier molecular flexibility index (Phi) is 6.68. The maximum absolute atomic E-state index is 11.7. The molecular formula is C12H23NO5. The lowest BCUT2D eigenvalue weighted by molar-refractivity contribution is -0.141. The third kappa shape index (κ3) is 6.44. The maximum Gasteiger partial charge on any atom is 0.410 e. The normalized spacial score (nSPS) is 12.8. The van der Waals surface area contributed by atoms with Crippen LogP contribution in [0.1, 0.15) is 33.6 Å². The van der Waals surface area contributed by atoms with Crippen LogP contribution in [0.5, 0.6) is 0 Å². The number of hydrogen-bond donors (Lipinski definition) is 1. The molecule has 0 rings (SSSR count). The molecule has 0 saturated heterocycles. The molecule has 0 spiro atoms. The molecule has 0 aromatic rings. The van der Waals surface area contributed by atoms with E-state index in [4.69, 9.17) is 4.74 Å². The molecule has 0 radical (unpaired) electrons. The van der Waals surface area contributed by atoms with Gasteiger partial charge in [0.05, 0.1) is 19.8 Å². The van der Waals surface area contributed by atoms with Crippen LogP contribution < -0.4 is 0 Å².